The maximum absolute atomic E-state index is 12.2. The van der Waals surface area contributed by atoms with E-state index in [1.807, 2.05) is 0 Å². The minimum atomic E-state index is -3.88. The predicted octanol–water partition coefficient (Wildman–Crippen LogP) is 3.36. The number of sulfonamides is 1. The molecule has 0 radical (unpaired) electrons. The first-order valence-corrected chi connectivity index (χ1v) is 9.66. The number of nitrogens with one attached hydrogen (secondary N) is 1. The highest BCUT2D eigenvalue weighted by Crippen LogP contribution is 2.27. The third-order valence-electron chi connectivity index (χ3n) is 3.41. The summed E-state index contributed by atoms with van der Waals surface area (Å²) < 4.78 is 23.1. The van der Waals surface area contributed by atoms with Crippen molar-refractivity contribution in [1.82, 2.24) is 0 Å². The minimum absolute atomic E-state index is 0.0909. The van der Waals surface area contributed by atoms with Gasteiger partial charge in [0.1, 0.15) is 0 Å². The fourth-order valence-corrected chi connectivity index (χ4v) is 2.99. The molecular weight excluding hydrogens is 397 g/mol. The second-order valence-electron chi connectivity index (χ2n) is 5.61. The van der Waals surface area contributed by atoms with Crippen LogP contribution in [0.2, 0.25) is 10.0 Å². The molecule has 0 aliphatic carbocycles. The summed E-state index contributed by atoms with van der Waals surface area (Å²) in [6.45, 7) is 0. The van der Waals surface area contributed by atoms with Gasteiger partial charge < -0.3 is 10.2 Å². The molecule has 0 unspecified atom stereocenters. The number of carbonyl (C=O) groups is 1. The summed E-state index contributed by atoms with van der Waals surface area (Å²) >= 11 is 11.8. The molecular formula is C17H17Cl2N3O3S. The van der Waals surface area contributed by atoms with Crippen LogP contribution in [-0.4, -0.2) is 28.4 Å². The number of benzene rings is 2. The quantitative estimate of drug-likeness (QED) is 0.734. The summed E-state index contributed by atoms with van der Waals surface area (Å²) in [7, 11) is -0.341. The van der Waals surface area contributed by atoms with Crippen molar-refractivity contribution in [3.8, 4) is 0 Å². The summed E-state index contributed by atoms with van der Waals surface area (Å²) in [5, 5.41) is 8.61. The first-order valence-electron chi connectivity index (χ1n) is 7.36. The summed E-state index contributed by atoms with van der Waals surface area (Å²) in [6.07, 6.45) is 2.87. The van der Waals surface area contributed by atoms with Crippen molar-refractivity contribution in [2.75, 3.05) is 24.3 Å². The highest BCUT2D eigenvalue weighted by Gasteiger charge is 2.14. The maximum atomic E-state index is 12.2. The standard InChI is InChI=1S/C17H17Cl2N3O3S/c1-22(2)16-7-5-12(26(20,24)25)10-15(16)21-17(23)8-4-11-3-6-13(18)14(19)9-11/h3-10H,1-2H3,(H,21,23)(H2,20,24,25)/b8-4+. The summed E-state index contributed by atoms with van der Waals surface area (Å²) in [6, 6.07) is 9.23. The Kier molecular flexibility index (Phi) is 6.30. The zero-order chi connectivity index (χ0) is 19.5. The van der Waals surface area contributed by atoms with E-state index in [4.69, 9.17) is 28.3 Å². The number of hydrogen-bond donors (Lipinski definition) is 2. The SMILES string of the molecule is CN(C)c1ccc(S(N)(=O)=O)cc1NC(=O)/C=C/c1ccc(Cl)c(Cl)c1. The van der Waals surface area contributed by atoms with E-state index in [1.165, 1.54) is 18.2 Å². The van der Waals surface area contributed by atoms with Crippen LogP contribution in [-0.2, 0) is 14.8 Å². The molecule has 2 aromatic carbocycles. The molecule has 0 spiro atoms. The Morgan fingerprint density at radius 2 is 1.81 bits per heavy atom. The third kappa shape index (κ3) is 5.22. The van der Waals surface area contributed by atoms with Crippen LogP contribution >= 0.6 is 23.2 Å². The lowest BCUT2D eigenvalue weighted by molar-refractivity contribution is -0.111. The molecule has 0 heterocycles. The first-order chi connectivity index (χ1) is 12.1. The Morgan fingerprint density at radius 3 is 2.38 bits per heavy atom. The van der Waals surface area contributed by atoms with Gasteiger partial charge in [-0.2, -0.15) is 0 Å². The lowest BCUT2D eigenvalue weighted by atomic mass is 10.2. The van der Waals surface area contributed by atoms with E-state index in [1.54, 1.807) is 49.3 Å². The van der Waals surface area contributed by atoms with Gasteiger partial charge in [-0.3, -0.25) is 4.79 Å². The van der Waals surface area contributed by atoms with Crippen LogP contribution in [0, 0.1) is 0 Å². The van der Waals surface area contributed by atoms with Crippen LogP contribution < -0.4 is 15.4 Å². The average molecular weight is 414 g/mol. The molecule has 6 nitrogen and oxygen atoms in total. The maximum Gasteiger partial charge on any atom is 0.248 e. The van der Waals surface area contributed by atoms with E-state index in [9.17, 15) is 13.2 Å². The fraction of sp³-hybridized carbons (Fsp3) is 0.118. The van der Waals surface area contributed by atoms with E-state index in [-0.39, 0.29) is 4.90 Å². The highest BCUT2D eigenvalue weighted by atomic mass is 35.5. The molecule has 0 saturated heterocycles. The van der Waals surface area contributed by atoms with Crippen molar-refractivity contribution in [2.45, 2.75) is 4.90 Å². The molecule has 0 aliphatic heterocycles. The van der Waals surface area contributed by atoms with Gasteiger partial charge in [0, 0.05) is 20.2 Å². The van der Waals surface area contributed by atoms with Crippen molar-refractivity contribution in [1.29, 1.82) is 0 Å². The van der Waals surface area contributed by atoms with Gasteiger partial charge in [0.15, 0.2) is 0 Å². The second-order valence-corrected chi connectivity index (χ2v) is 7.99. The lowest BCUT2D eigenvalue weighted by Gasteiger charge is -2.18. The molecule has 0 aliphatic rings. The Balaban J connectivity index is 2.26. The van der Waals surface area contributed by atoms with E-state index in [0.29, 0.717) is 27.0 Å². The smallest absolute Gasteiger partial charge is 0.248 e. The summed E-state index contributed by atoms with van der Waals surface area (Å²) in [4.78, 5) is 13.9. The fourth-order valence-electron chi connectivity index (χ4n) is 2.14. The lowest BCUT2D eigenvalue weighted by Crippen LogP contribution is -2.17. The number of carbonyl (C=O) groups excluding carboxylic acids is 1. The van der Waals surface area contributed by atoms with Crippen molar-refractivity contribution < 1.29 is 13.2 Å². The molecule has 9 heteroatoms. The Morgan fingerprint density at radius 1 is 1.12 bits per heavy atom. The molecule has 0 saturated carbocycles. The van der Waals surface area contributed by atoms with Crippen LogP contribution in [0.3, 0.4) is 0 Å². The van der Waals surface area contributed by atoms with Crippen LogP contribution in [0.15, 0.2) is 47.4 Å². The molecule has 0 atom stereocenters. The zero-order valence-corrected chi connectivity index (χ0v) is 16.4. The number of primary sulfonamides is 1. The number of anilines is 2. The number of nitrogens with two attached hydrogens (primary N) is 1. The van der Waals surface area contributed by atoms with Gasteiger partial charge in [-0.25, -0.2) is 13.6 Å². The molecule has 1 amide bonds. The van der Waals surface area contributed by atoms with Crippen LogP contribution in [0.4, 0.5) is 11.4 Å². The van der Waals surface area contributed by atoms with Crippen molar-refractivity contribution in [3.63, 3.8) is 0 Å². The monoisotopic (exact) mass is 413 g/mol. The molecule has 2 rings (SSSR count). The topological polar surface area (TPSA) is 92.5 Å². The Bertz CT molecular complexity index is 973. The van der Waals surface area contributed by atoms with Gasteiger partial charge in [-0.05, 0) is 42.0 Å². The van der Waals surface area contributed by atoms with Crippen LogP contribution in [0.5, 0.6) is 0 Å². The first kappa shape index (κ1) is 20.3. The minimum Gasteiger partial charge on any atom is -0.376 e. The van der Waals surface area contributed by atoms with E-state index < -0.39 is 15.9 Å². The van der Waals surface area contributed by atoms with Gasteiger partial charge >= 0.3 is 0 Å². The zero-order valence-electron chi connectivity index (χ0n) is 14.0. The molecule has 3 N–H and O–H groups in total. The number of amides is 1. The van der Waals surface area contributed by atoms with E-state index in [0.717, 1.165) is 0 Å². The van der Waals surface area contributed by atoms with Crippen molar-refractivity contribution in [3.05, 3.63) is 58.1 Å². The van der Waals surface area contributed by atoms with Gasteiger partial charge in [0.05, 0.1) is 26.3 Å². The van der Waals surface area contributed by atoms with Crippen molar-refractivity contribution >= 4 is 56.6 Å². The van der Waals surface area contributed by atoms with E-state index >= 15 is 0 Å². The number of halogens is 2. The largest absolute Gasteiger partial charge is 0.376 e. The van der Waals surface area contributed by atoms with Gasteiger partial charge in [0.25, 0.3) is 0 Å². The van der Waals surface area contributed by atoms with Crippen LogP contribution in [0.25, 0.3) is 6.08 Å². The molecule has 0 aromatic heterocycles. The number of rotatable bonds is 5. The molecule has 138 valence electrons. The molecule has 0 fully saturated rings. The molecule has 0 bridgehead atoms. The number of hydrogen-bond acceptors (Lipinski definition) is 4. The average Bonchev–Trinajstić information content (AvgIpc) is 2.55. The number of nitrogens with zero attached hydrogens (tertiary/aromatic N) is 1. The molecule has 2 aromatic rings. The Hall–Kier alpha value is -2.06. The highest BCUT2D eigenvalue weighted by molar-refractivity contribution is 7.89. The second kappa shape index (κ2) is 8.09. The summed E-state index contributed by atoms with van der Waals surface area (Å²) in [5.74, 6) is -0.439. The molecule has 26 heavy (non-hydrogen) atoms. The van der Waals surface area contributed by atoms with Crippen LogP contribution in [0.1, 0.15) is 5.56 Å². The van der Waals surface area contributed by atoms with Gasteiger partial charge in [-0.1, -0.05) is 29.3 Å². The predicted molar refractivity (Wildman–Crippen MR) is 106 cm³/mol. The van der Waals surface area contributed by atoms with Crippen molar-refractivity contribution in [2.24, 2.45) is 5.14 Å². The van der Waals surface area contributed by atoms with E-state index in [2.05, 4.69) is 5.32 Å². The third-order valence-corrected chi connectivity index (χ3v) is 5.06. The Labute approximate surface area is 162 Å². The van der Waals surface area contributed by atoms with Gasteiger partial charge in [-0.15, -0.1) is 0 Å². The normalized spacial score (nSPS) is 11.6. The summed E-state index contributed by atoms with van der Waals surface area (Å²) in [5.41, 5.74) is 1.65. The van der Waals surface area contributed by atoms with Gasteiger partial charge in [0.2, 0.25) is 15.9 Å².